The summed E-state index contributed by atoms with van der Waals surface area (Å²) in [7, 11) is -3.64. The standard InChI is InChI=1S/C17H20N2O3S/c1-3-12-22-16-8-6-15(7-9-16)13-18-19-23(20,21)17-10-4-14(2)5-11-17/h4-11,13,19H,3,12H2,1-2H3. The largest absolute Gasteiger partial charge is 0.494 e. The van der Waals surface area contributed by atoms with Gasteiger partial charge in [-0.1, -0.05) is 24.6 Å². The summed E-state index contributed by atoms with van der Waals surface area (Å²) in [5, 5.41) is 3.80. The van der Waals surface area contributed by atoms with Gasteiger partial charge in [0.15, 0.2) is 0 Å². The zero-order chi connectivity index (χ0) is 16.7. The van der Waals surface area contributed by atoms with Gasteiger partial charge < -0.3 is 4.74 Å². The Kier molecular flexibility index (Phi) is 5.76. The number of sulfonamides is 1. The molecular formula is C17H20N2O3S. The van der Waals surface area contributed by atoms with E-state index >= 15 is 0 Å². The number of hydrazone groups is 1. The lowest BCUT2D eigenvalue weighted by molar-refractivity contribution is 0.317. The van der Waals surface area contributed by atoms with E-state index in [1.165, 1.54) is 6.21 Å². The Labute approximate surface area is 137 Å². The van der Waals surface area contributed by atoms with Crippen molar-refractivity contribution in [2.24, 2.45) is 5.10 Å². The SMILES string of the molecule is CCCOc1ccc(C=NNS(=O)(=O)c2ccc(C)cc2)cc1. The summed E-state index contributed by atoms with van der Waals surface area (Å²) in [6, 6.07) is 13.9. The lowest BCUT2D eigenvalue weighted by Crippen LogP contribution is -2.18. The van der Waals surface area contributed by atoms with Gasteiger partial charge in [-0.25, -0.2) is 4.83 Å². The van der Waals surface area contributed by atoms with Crippen LogP contribution in [0.5, 0.6) is 5.75 Å². The van der Waals surface area contributed by atoms with Crippen molar-refractivity contribution in [2.75, 3.05) is 6.61 Å². The third-order valence-electron chi connectivity index (χ3n) is 3.07. The first kappa shape index (κ1) is 17.0. The topological polar surface area (TPSA) is 67.8 Å². The molecule has 0 radical (unpaired) electrons. The number of hydrogen-bond donors (Lipinski definition) is 1. The van der Waals surface area contributed by atoms with Crippen LogP contribution in [-0.2, 0) is 10.0 Å². The van der Waals surface area contributed by atoms with E-state index in [-0.39, 0.29) is 4.90 Å². The van der Waals surface area contributed by atoms with E-state index in [1.807, 2.05) is 38.1 Å². The maximum absolute atomic E-state index is 12.1. The number of hydrogen-bond acceptors (Lipinski definition) is 4. The number of rotatable bonds is 7. The Bertz CT molecular complexity index is 751. The average molecular weight is 332 g/mol. The van der Waals surface area contributed by atoms with Crippen molar-refractivity contribution in [3.8, 4) is 5.75 Å². The number of ether oxygens (including phenoxy) is 1. The van der Waals surface area contributed by atoms with Crippen molar-refractivity contribution in [2.45, 2.75) is 25.2 Å². The van der Waals surface area contributed by atoms with Gasteiger partial charge in [0.2, 0.25) is 0 Å². The van der Waals surface area contributed by atoms with Crippen molar-refractivity contribution in [3.63, 3.8) is 0 Å². The van der Waals surface area contributed by atoms with Crippen LogP contribution in [0.25, 0.3) is 0 Å². The van der Waals surface area contributed by atoms with Gasteiger partial charge in [-0.2, -0.15) is 13.5 Å². The van der Waals surface area contributed by atoms with E-state index in [4.69, 9.17) is 4.74 Å². The zero-order valence-electron chi connectivity index (χ0n) is 13.2. The molecular weight excluding hydrogens is 312 g/mol. The second kappa shape index (κ2) is 7.78. The summed E-state index contributed by atoms with van der Waals surface area (Å²) >= 11 is 0. The van der Waals surface area contributed by atoms with E-state index in [9.17, 15) is 8.42 Å². The highest BCUT2D eigenvalue weighted by atomic mass is 32.2. The van der Waals surface area contributed by atoms with Crippen LogP contribution in [0.15, 0.2) is 58.5 Å². The van der Waals surface area contributed by atoms with Crippen LogP contribution in [-0.4, -0.2) is 21.2 Å². The molecule has 0 spiro atoms. The van der Waals surface area contributed by atoms with E-state index in [0.717, 1.165) is 23.3 Å². The van der Waals surface area contributed by atoms with Gasteiger partial charge in [-0.3, -0.25) is 0 Å². The number of aryl methyl sites for hydroxylation is 1. The number of nitrogens with zero attached hydrogens (tertiary/aromatic N) is 1. The molecule has 0 heterocycles. The predicted octanol–water partition coefficient (Wildman–Crippen LogP) is 3.10. The van der Waals surface area contributed by atoms with Crippen LogP contribution in [0.4, 0.5) is 0 Å². The van der Waals surface area contributed by atoms with Gasteiger partial charge in [0.05, 0.1) is 17.7 Å². The molecule has 0 saturated carbocycles. The van der Waals surface area contributed by atoms with Gasteiger partial charge >= 0.3 is 0 Å². The molecule has 2 rings (SSSR count). The van der Waals surface area contributed by atoms with Crippen molar-refractivity contribution >= 4 is 16.2 Å². The van der Waals surface area contributed by atoms with Crippen LogP contribution in [0.2, 0.25) is 0 Å². The van der Waals surface area contributed by atoms with Gasteiger partial charge in [-0.05, 0) is 55.3 Å². The normalized spacial score (nSPS) is 11.6. The van der Waals surface area contributed by atoms with E-state index < -0.39 is 10.0 Å². The molecule has 0 fully saturated rings. The van der Waals surface area contributed by atoms with E-state index in [0.29, 0.717) is 6.61 Å². The molecule has 1 N–H and O–H groups in total. The van der Waals surface area contributed by atoms with Gasteiger partial charge in [0.25, 0.3) is 10.0 Å². The Morgan fingerprint density at radius 2 is 1.74 bits per heavy atom. The molecule has 0 unspecified atom stereocenters. The fourth-order valence-corrected chi connectivity index (χ4v) is 2.60. The summed E-state index contributed by atoms with van der Waals surface area (Å²) < 4.78 is 29.6. The second-order valence-corrected chi connectivity index (χ2v) is 6.74. The first-order valence-corrected chi connectivity index (χ1v) is 8.84. The van der Waals surface area contributed by atoms with Crippen LogP contribution >= 0.6 is 0 Å². The highest BCUT2D eigenvalue weighted by Gasteiger charge is 2.11. The van der Waals surface area contributed by atoms with Crippen LogP contribution in [0.1, 0.15) is 24.5 Å². The molecule has 0 bridgehead atoms. The molecule has 6 heteroatoms. The lowest BCUT2D eigenvalue weighted by atomic mass is 10.2. The number of nitrogens with one attached hydrogen (secondary N) is 1. The highest BCUT2D eigenvalue weighted by Crippen LogP contribution is 2.12. The van der Waals surface area contributed by atoms with Crippen molar-refractivity contribution in [3.05, 3.63) is 59.7 Å². The second-order valence-electron chi connectivity index (χ2n) is 5.08. The van der Waals surface area contributed by atoms with Crippen molar-refractivity contribution < 1.29 is 13.2 Å². The summed E-state index contributed by atoms with van der Waals surface area (Å²) in [6.45, 7) is 4.61. The molecule has 0 aliphatic rings. The molecule has 0 saturated heterocycles. The molecule has 0 amide bonds. The van der Waals surface area contributed by atoms with Crippen molar-refractivity contribution in [1.29, 1.82) is 0 Å². The summed E-state index contributed by atoms with van der Waals surface area (Å²) in [5.74, 6) is 0.782. The molecule has 0 atom stereocenters. The Hall–Kier alpha value is -2.34. The highest BCUT2D eigenvalue weighted by molar-refractivity contribution is 7.89. The minimum Gasteiger partial charge on any atom is -0.494 e. The fraction of sp³-hybridized carbons (Fsp3) is 0.235. The Morgan fingerprint density at radius 3 is 2.35 bits per heavy atom. The lowest BCUT2D eigenvalue weighted by Gasteiger charge is -2.05. The third-order valence-corrected chi connectivity index (χ3v) is 4.31. The summed E-state index contributed by atoms with van der Waals surface area (Å²) in [5.41, 5.74) is 1.78. The molecule has 0 aliphatic carbocycles. The first-order chi connectivity index (χ1) is 11.0. The Balaban J connectivity index is 1.99. The zero-order valence-corrected chi connectivity index (χ0v) is 14.0. The molecule has 23 heavy (non-hydrogen) atoms. The van der Waals surface area contributed by atoms with E-state index in [2.05, 4.69) is 9.93 Å². The fourth-order valence-electron chi connectivity index (χ4n) is 1.81. The van der Waals surface area contributed by atoms with Crippen molar-refractivity contribution in [1.82, 2.24) is 4.83 Å². The third kappa shape index (κ3) is 5.10. The summed E-state index contributed by atoms with van der Waals surface area (Å²) in [6.07, 6.45) is 2.40. The molecule has 5 nitrogen and oxygen atoms in total. The monoisotopic (exact) mass is 332 g/mol. The van der Waals surface area contributed by atoms with Gasteiger partial charge in [-0.15, -0.1) is 0 Å². The predicted molar refractivity (Wildman–Crippen MR) is 91.3 cm³/mol. The Morgan fingerprint density at radius 1 is 1.09 bits per heavy atom. The molecule has 122 valence electrons. The molecule has 0 aliphatic heterocycles. The quantitative estimate of drug-likeness (QED) is 0.626. The maximum Gasteiger partial charge on any atom is 0.276 e. The van der Waals surface area contributed by atoms with Crippen LogP contribution in [0.3, 0.4) is 0 Å². The molecule has 0 aromatic heterocycles. The maximum atomic E-state index is 12.1. The minimum atomic E-state index is -3.64. The molecule has 2 aromatic carbocycles. The van der Waals surface area contributed by atoms with E-state index in [1.54, 1.807) is 24.3 Å². The first-order valence-electron chi connectivity index (χ1n) is 7.35. The van der Waals surface area contributed by atoms with Gasteiger partial charge in [0, 0.05) is 0 Å². The number of benzene rings is 2. The van der Waals surface area contributed by atoms with Crippen LogP contribution in [0, 0.1) is 6.92 Å². The smallest absolute Gasteiger partial charge is 0.276 e. The minimum absolute atomic E-state index is 0.184. The van der Waals surface area contributed by atoms with Gasteiger partial charge in [0.1, 0.15) is 5.75 Å². The summed E-state index contributed by atoms with van der Waals surface area (Å²) in [4.78, 5) is 2.39. The molecule has 2 aromatic rings. The average Bonchev–Trinajstić information content (AvgIpc) is 2.54. The van der Waals surface area contributed by atoms with Crippen LogP contribution < -0.4 is 9.57 Å².